The van der Waals surface area contributed by atoms with Crippen molar-refractivity contribution in [1.29, 1.82) is 0 Å². The lowest BCUT2D eigenvalue weighted by atomic mass is 10.0. The van der Waals surface area contributed by atoms with Gasteiger partial charge in [0.25, 0.3) is 0 Å². The van der Waals surface area contributed by atoms with Crippen molar-refractivity contribution in [2.24, 2.45) is 0 Å². The van der Waals surface area contributed by atoms with Crippen molar-refractivity contribution in [3.63, 3.8) is 0 Å². The summed E-state index contributed by atoms with van der Waals surface area (Å²) in [5.41, 5.74) is 1.81. The van der Waals surface area contributed by atoms with E-state index in [2.05, 4.69) is 4.98 Å². The molecule has 0 fully saturated rings. The van der Waals surface area contributed by atoms with Crippen LogP contribution < -0.4 is 9.47 Å². The molecule has 106 valence electrons. The number of fused-ring (bicyclic) bond motifs is 1. The summed E-state index contributed by atoms with van der Waals surface area (Å²) in [5, 5.41) is 10.9. The quantitative estimate of drug-likeness (QED) is 0.943. The molecule has 0 saturated carbocycles. The van der Waals surface area contributed by atoms with E-state index in [0.717, 1.165) is 47.0 Å². The molecule has 1 aliphatic carbocycles. The van der Waals surface area contributed by atoms with Crippen molar-refractivity contribution in [2.75, 3.05) is 14.2 Å². The summed E-state index contributed by atoms with van der Waals surface area (Å²) < 4.78 is 10.6. The van der Waals surface area contributed by atoms with Crippen LogP contribution in [0.4, 0.5) is 0 Å². The first-order valence-electron chi connectivity index (χ1n) is 6.62. The molecular formula is C15H17NO3S. The molecule has 0 bridgehead atoms. The van der Waals surface area contributed by atoms with Gasteiger partial charge in [-0.1, -0.05) is 0 Å². The molecule has 0 amide bonds. The molecule has 1 aliphatic rings. The Morgan fingerprint density at radius 3 is 2.50 bits per heavy atom. The number of aliphatic hydroxyl groups is 1. The van der Waals surface area contributed by atoms with E-state index in [1.165, 1.54) is 4.88 Å². The molecule has 1 atom stereocenters. The lowest BCUT2D eigenvalue weighted by Crippen LogP contribution is -2.07. The number of hydrogen-bond donors (Lipinski definition) is 1. The third-order valence-electron chi connectivity index (χ3n) is 3.52. The Bertz CT molecular complexity index is 601. The average molecular weight is 291 g/mol. The molecule has 4 nitrogen and oxygen atoms in total. The molecule has 1 N–H and O–H groups in total. The number of methoxy groups -OCH3 is 2. The predicted molar refractivity (Wildman–Crippen MR) is 78.6 cm³/mol. The number of hydrogen-bond acceptors (Lipinski definition) is 5. The van der Waals surface area contributed by atoms with Crippen molar-refractivity contribution in [2.45, 2.75) is 25.4 Å². The number of nitrogens with zero attached hydrogens (tertiary/aromatic N) is 1. The van der Waals surface area contributed by atoms with Crippen LogP contribution in [0.15, 0.2) is 18.2 Å². The number of thiazole rings is 1. The summed E-state index contributed by atoms with van der Waals surface area (Å²) in [6, 6.07) is 5.73. The summed E-state index contributed by atoms with van der Waals surface area (Å²) in [7, 11) is 3.27. The second kappa shape index (κ2) is 5.42. The molecule has 5 heteroatoms. The van der Waals surface area contributed by atoms with Crippen LogP contribution in [0.5, 0.6) is 11.5 Å². The van der Waals surface area contributed by atoms with Gasteiger partial charge in [-0.25, -0.2) is 4.98 Å². The van der Waals surface area contributed by atoms with Crippen LogP contribution in [-0.4, -0.2) is 24.3 Å². The largest absolute Gasteiger partial charge is 0.497 e. The van der Waals surface area contributed by atoms with E-state index in [1.54, 1.807) is 25.6 Å². The molecule has 0 aliphatic heterocycles. The standard InChI is InChI=1S/C15H17NO3S/c1-18-10-6-9(7-11(8-10)19-2)15-16-14-12(17)4-3-5-13(14)20-15/h6-8,12,17H,3-5H2,1-2H3. The SMILES string of the molecule is COc1cc(OC)cc(-c2nc3c(s2)CCCC3O)c1. The fourth-order valence-electron chi connectivity index (χ4n) is 2.45. The maximum atomic E-state index is 10.0. The molecule has 1 heterocycles. The predicted octanol–water partition coefficient (Wildman–Crippen LogP) is 3.20. The Morgan fingerprint density at radius 2 is 1.90 bits per heavy atom. The zero-order chi connectivity index (χ0) is 14.1. The summed E-state index contributed by atoms with van der Waals surface area (Å²) in [4.78, 5) is 5.81. The van der Waals surface area contributed by atoms with Crippen LogP contribution in [-0.2, 0) is 6.42 Å². The minimum atomic E-state index is -0.420. The van der Waals surface area contributed by atoms with Crippen molar-refractivity contribution in [1.82, 2.24) is 4.98 Å². The average Bonchev–Trinajstić information content (AvgIpc) is 2.92. The Labute approximate surface area is 122 Å². The van der Waals surface area contributed by atoms with Gasteiger partial charge in [0.2, 0.25) is 0 Å². The lowest BCUT2D eigenvalue weighted by molar-refractivity contribution is 0.153. The van der Waals surface area contributed by atoms with Crippen molar-refractivity contribution < 1.29 is 14.6 Å². The van der Waals surface area contributed by atoms with Gasteiger partial charge in [-0.2, -0.15) is 0 Å². The molecule has 1 unspecified atom stereocenters. The maximum Gasteiger partial charge on any atom is 0.124 e. The fraction of sp³-hybridized carbons (Fsp3) is 0.400. The van der Waals surface area contributed by atoms with Crippen LogP contribution >= 0.6 is 11.3 Å². The second-order valence-electron chi connectivity index (χ2n) is 4.84. The molecular weight excluding hydrogens is 274 g/mol. The van der Waals surface area contributed by atoms with Gasteiger partial charge in [0.05, 0.1) is 26.0 Å². The summed E-state index contributed by atoms with van der Waals surface area (Å²) in [6.07, 6.45) is 2.41. The van der Waals surface area contributed by atoms with E-state index in [9.17, 15) is 5.11 Å². The molecule has 0 radical (unpaired) electrons. The zero-order valence-electron chi connectivity index (χ0n) is 11.5. The number of ether oxygens (including phenoxy) is 2. The molecule has 0 spiro atoms. The topological polar surface area (TPSA) is 51.6 Å². The van der Waals surface area contributed by atoms with Gasteiger partial charge in [-0.05, 0) is 31.4 Å². The van der Waals surface area contributed by atoms with Crippen LogP contribution in [0.3, 0.4) is 0 Å². The van der Waals surface area contributed by atoms with Crippen molar-refractivity contribution in [3.8, 4) is 22.1 Å². The van der Waals surface area contributed by atoms with E-state index in [-0.39, 0.29) is 0 Å². The number of benzene rings is 1. The van der Waals surface area contributed by atoms with Gasteiger partial charge in [-0.3, -0.25) is 0 Å². The maximum absolute atomic E-state index is 10.0. The normalized spacial score (nSPS) is 17.6. The number of aryl methyl sites for hydroxylation is 1. The highest BCUT2D eigenvalue weighted by Gasteiger charge is 2.23. The highest BCUT2D eigenvalue weighted by atomic mass is 32.1. The van der Waals surface area contributed by atoms with Gasteiger partial charge in [-0.15, -0.1) is 11.3 Å². The van der Waals surface area contributed by atoms with Crippen LogP contribution in [0.2, 0.25) is 0 Å². The third-order valence-corrected chi connectivity index (χ3v) is 4.70. The van der Waals surface area contributed by atoms with Crippen LogP contribution in [0.1, 0.15) is 29.5 Å². The Balaban J connectivity index is 2.04. The highest BCUT2D eigenvalue weighted by molar-refractivity contribution is 7.15. The molecule has 20 heavy (non-hydrogen) atoms. The second-order valence-corrected chi connectivity index (χ2v) is 5.92. The fourth-order valence-corrected chi connectivity index (χ4v) is 3.60. The van der Waals surface area contributed by atoms with Gasteiger partial charge in [0.1, 0.15) is 16.5 Å². The van der Waals surface area contributed by atoms with E-state index >= 15 is 0 Å². The van der Waals surface area contributed by atoms with Gasteiger partial charge in [0, 0.05) is 16.5 Å². The van der Waals surface area contributed by atoms with E-state index < -0.39 is 6.10 Å². The summed E-state index contributed by atoms with van der Waals surface area (Å²) in [6.45, 7) is 0. The van der Waals surface area contributed by atoms with E-state index in [1.807, 2.05) is 18.2 Å². The first-order chi connectivity index (χ1) is 9.71. The number of aliphatic hydroxyl groups excluding tert-OH is 1. The van der Waals surface area contributed by atoms with Crippen LogP contribution in [0.25, 0.3) is 10.6 Å². The van der Waals surface area contributed by atoms with Crippen molar-refractivity contribution >= 4 is 11.3 Å². The minimum absolute atomic E-state index is 0.420. The molecule has 1 aromatic heterocycles. The summed E-state index contributed by atoms with van der Waals surface area (Å²) in [5.74, 6) is 1.49. The molecule has 0 saturated heterocycles. The zero-order valence-corrected chi connectivity index (χ0v) is 12.4. The monoisotopic (exact) mass is 291 g/mol. The first-order valence-corrected chi connectivity index (χ1v) is 7.44. The Kier molecular flexibility index (Phi) is 3.63. The Morgan fingerprint density at radius 1 is 1.20 bits per heavy atom. The molecule has 3 rings (SSSR count). The summed E-state index contributed by atoms with van der Waals surface area (Å²) >= 11 is 1.65. The van der Waals surface area contributed by atoms with Gasteiger partial charge >= 0.3 is 0 Å². The Hall–Kier alpha value is -1.59. The van der Waals surface area contributed by atoms with E-state index in [4.69, 9.17) is 9.47 Å². The van der Waals surface area contributed by atoms with Crippen molar-refractivity contribution in [3.05, 3.63) is 28.8 Å². The van der Waals surface area contributed by atoms with Gasteiger partial charge < -0.3 is 14.6 Å². The van der Waals surface area contributed by atoms with Crippen LogP contribution in [0, 0.1) is 0 Å². The molecule has 1 aromatic carbocycles. The number of aromatic nitrogens is 1. The lowest BCUT2D eigenvalue weighted by Gasteiger charge is -2.14. The third kappa shape index (κ3) is 2.39. The van der Waals surface area contributed by atoms with E-state index in [0.29, 0.717) is 0 Å². The first kappa shape index (κ1) is 13.4. The minimum Gasteiger partial charge on any atom is -0.497 e. The van der Waals surface area contributed by atoms with Gasteiger partial charge in [0.15, 0.2) is 0 Å². The highest BCUT2D eigenvalue weighted by Crippen LogP contribution is 2.38. The number of rotatable bonds is 3. The smallest absolute Gasteiger partial charge is 0.124 e. The molecule has 2 aromatic rings.